The summed E-state index contributed by atoms with van der Waals surface area (Å²) in [5.74, 6) is 1.81. The van der Waals surface area contributed by atoms with Gasteiger partial charge in [0.25, 0.3) is 0 Å². The molecule has 0 aromatic carbocycles. The summed E-state index contributed by atoms with van der Waals surface area (Å²) >= 11 is 0. The molecule has 0 aromatic rings. The topological polar surface area (TPSA) is 52.8 Å². The highest BCUT2D eigenvalue weighted by atomic mass is 35.5. The Kier molecular flexibility index (Phi) is 8.11. The number of halogens is 1. The summed E-state index contributed by atoms with van der Waals surface area (Å²) in [6.45, 7) is 4.90. The third kappa shape index (κ3) is 5.37. The molecule has 2 fully saturated rings. The zero-order chi connectivity index (χ0) is 15.4. The van der Waals surface area contributed by atoms with Crippen LogP contribution in [0.2, 0.25) is 0 Å². The van der Waals surface area contributed by atoms with E-state index in [-0.39, 0.29) is 24.4 Å². The Labute approximate surface area is 141 Å². The summed E-state index contributed by atoms with van der Waals surface area (Å²) in [7, 11) is 6.13. The van der Waals surface area contributed by atoms with E-state index in [0.717, 1.165) is 37.8 Å². The van der Waals surface area contributed by atoms with Crippen LogP contribution in [-0.4, -0.2) is 80.5 Å². The first-order chi connectivity index (χ1) is 9.97. The molecule has 0 aromatic heterocycles. The number of nitrogens with two attached hydrogens (primary N) is 1. The minimum absolute atomic E-state index is 0. The molecular formula is C16H33ClN4O. The lowest BCUT2D eigenvalue weighted by Gasteiger charge is -2.40. The Hall–Kier alpha value is -0.360. The van der Waals surface area contributed by atoms with Gasteiger partial charge in [-0.3, -0.25) is 4.79 Å². The van der Waals surface area contributed by atoms with Crippen molar-refractivity contribution in [1.82, 2.24) is 14.7 Å². The first-order valence-electron chi connectivity index (χ1n) is 8.35. The van der Waals surface area contributed by atoms with E-state index in [9.17, 15) is 4.79 Å². The highest BCUT2D eigenvalue weighted by Crippen LogP contribution is 2.32. The molecule has 2 saturated heterocycles. The first-order valence-corrected chi connectivity index (χ1v) is 8.35. The highest BCUT2D eigenvalue weighted by Gasteiger charge is 2.31. The second-order valence-corrected chi connectivity index (χ2v) is 7.17. The number of carbonyl (C=O) groups is 1. The van der Waals surface area contributed by atoms with Crippen molar-refractivity contribution in [3.63, 3.8) is 0 Å². The minimum Gasteiger partial charge on any atom is -0.341 e. The molecule has 0 spiro atoms. The number of piperidine rings is 2. The van der Waals surface area contributed by atoms with E-state index in [1.54, 1.807) is 0 Å². The summed E-state index contributed by atoms with van der Waals surface area (Å²) < 4.78 is 0. The van der Waals surface area contributed by atoms with Gasteiger partial charge < -0.3 is 20.4 Å². The summed E-state index contributed by atoms with van der Waals surface area (Å²) in [6.07, 6.45) is 4.98. The fourth-order valence-corrected chi connectivity index (χ4v) is 3.80. The van der Waals surface area contributed by atoms with Crippen molar-refractivity contribution in [3.8, 4) is 0 Å². The molecule has 2 aliphatic rings. The molecule has 130 valence electrons. The summed E-state index contributed by atoms with van der Waals surface area (Å²) in [4.78, 5) is 18.7. The predicted octanol–water partition coefficient (Wildman–Crippen LogP) is 0.878. The molecule has 2 N–H and O–H groups in total. The Balaban J connectivity index is 0.00000242. The number of hydrogen-bond donors (Lipinski definition) is 1. The largest absolute Gasteiger partial charge is 0.341 e. The van der Waals surface area contributed by atoms with E-state index in [4.69, 9.17) is 5.73 Å². The van der Waals surface area contributed by atoms with Crippen molar-refractivity contribution in [1.29, 1.82) is 0 Å². The van der Waals surface area contributed by atoms with Crippen LogP contribution in [-0.2, 0) is 4.79 Å². The molecular weight excluding hydrogens is 300 g/mol. The molecule has 0 saturated carbocycles. The van der Waals surface area contributed by atoms with E-state index in [1.807, 2.05) is 23.9 Å². The molecule has 0 unspecified atom stereocenters. The zero-order valence-electron chi connectivity index (χ0n) is 14.3. The second-order valence-electron chi connectivity index (χ2n) is 7.17. The molecule has 0 bridgehead atoms. The number of rotatable bonds is 4. The first kappa shape index (κ1) is 19.7. The van der Waals surface area contributed by atoms with E-state index in [1.165, 1.54) is 25.9 Å². The molecule has 2 heterocycles. The third-order valence-corrected chi connectivity index (χ3v) is 5.16. The van der Waals surface area contributed by atoms with E-state index in [2.05, 4.69) is 11.9 Å². The molecule has 5 nitrogen and oxygen atoms in total. The Morgan fingerprint density at radius 3 is 2.00 bits per heavy atom. The van der Waals surface area contributed by atoms with Crippen LogP contribution in [0.3, 0.4) is 0 Å². The summed E-state index contributed by atoms with van der Waals surface area (Å²) in [6, 6.07) is -0.375. The monoisotopic (exact) mass is 332 g/mol. The van der Waals surface area contributed by atoms with Gasteiger partial charge in [0, 0.05) is 19.6 Å². The molecule has 2 aliphatic heterocycles. The van der Waals surface area contributed by atoms with Gasteiger partial charge in [0.15, 0.2) is 0 Å². The van der Waals surface area contributed by atoms with Gasteiger partial charge in [0.2, 0.25) is 5.91 Å². The Morgan fingerprint density at radius 2 is 1.55 bits per heavy atom. The summed E-state index contributed by atoms with van der Waals surface area (Å²) in [5.41, 5.74) is 6.00. The van der Waals surface area contributed by atoms with Crippen molar-refractivity contribution >= 4 is 18.3 Å². The lowest BCUT2D eigenvalue weighted by molar-refractivity contribution is -0.134. The van der Waals surface area contributed by atoms with Crippen LogP contribution < -0.4 is 5.73 Å². The SMILES string of the molecule is CN(C)C[C@@H](N)C(=O)N1CCC(C2CCN(C)CC2)CC1.Cl. The van der Waals surface area contributed by atoms with Crippen molar-refractivity contribution in [2.24, 2.45) is 17.6 Å². The summed E-state index contributed by atoms with van der Waals surface area (Å²) in [5, 5.41) is 0. The van der Waals surface area contributed by atoms with Gasteiger partial charge >= 0.3 is 0 Å². The molecule has 1 amide bonds. The van der Waals surface area contributed by atoms with Crippen LogP contribution in [0.25, 0.3) is 0 Å². The van der Waals surface area contributed by atoms with E-state index >= 15 is 0 Å². The number of likely N-dealkylation sites (tertiary alicyclic amines) is 2. The maximum Gasteiger partial charge on any atom is 0.240 e. The molecule has 2 rings (SSSR count). The van der Waals surface area contributed by atoms with Crippen molar-refractivity contribution in [3.05, 3.63) is 0 Å². The predicted molar refractivity (Wildman–Crippen MR) is 93.3 cm³/mol. The highest BCUT2D eigenvalue weighted by molar-refractivity contribution is 5.85. The van der Waals surface area contributed by atoms with E-state index < -0.39 is 0 Å². The van der Waals surface area contributed by atoms with Gasteiger partial charge in [-0.15, -0.1) is 12.4 Å². The maximum absolute atomic E-state index is 12.3. The van der Waals surface area contributed by atoms with Gasteiger partial charge in [-0.2, -0.15) is 0 Å². The fourth-order valence-electron chi connectivity index (χ4n) is 3.80. The maximum atomic E-state index is 12.3. The van der Waals surface area contributed by atoms with Crippen LogP contribution in [0.1, 0.15) is 25.7 Å². The zero-order valence-corrected chi connectivity index (χ0v) is 15.1. The van der Waals surface area contributed by atoms with Gasteiger partial charge in [0.1, 0.15) is 0 Å². The van der Waals surface area contributed by atoms with Crippen molar-refractivity contribution < 1.29 is 4.79 Å². The van der Waals surface area contributed by atoms with Gasteiger partial charge in [-0.25, -0.2) is 0 Å². The van der Waals surface area contributed by atoms with Crippen LogP contribution in [0, 0.1) is 11.8 Å². The Bertz CT molecular complexity index is 337. The fraction of sp³-hybridized carbons (Fsp3) is 0.938. The standard InChI is InChI=1S/C16H32N4O.ClH/c1-18(2)12-15(17)16(21)20-10-6-14(7-11-20)13-4-8-19(3)9-5-13;/h13-15H,4-12,17H2,1-3H3;1H/t15-;/m1./s1. The van der Waals surface area contributed by atoms with Crippen LogP contribution in [0.15, 0.2) is 0 Å². The lowest BCUT2D eigenvalue weighted by atomic mass is 9.79. The van der Waals surface area contributed by atoms with Crippen LogP contribution in [0.5, 0.6) is 0 Å². The van der Waals surface area contributed by atoms with Crippen LogP contribution in [0.4, 0.5) is 0 Å². The minimum atomic E-state index is -0.375. The molecule has 22 heavy (non-hydrogen) atoms. The van der Waals surface area contributed by atoms with Crippen molar-refractivity contribution in [2.75, 3.05) is 53.9 Å². The molecule has 6 heteroatoms. The number of carbonyl (C=O) groups excluding carboxylic acids is 1. The normalized spacial score (nSPS) is 23.4. The van der Waals surface area contributed by atoms with Gasteiger partial charge in [-0.05, 0) is 71.8 Å². The smallest absolute Gasteiger partial charge is 0.240 e. The number of nitrogens with zero attached hydrogens (tertiary/aromatic N) is 3. The average Bonchev–Trinajstić information content (AvgIpc) is 2.47. The average molecular weight is 333 g/mol. The number of likely N-dealkylation sites (N-methyl/N-ethyl adjacent to an activating group) is 1. The molecule has 0 aliphatic carbocycles. The van der Waals surface area contributed by atoms with Gasteiger partial charge in [0.05, 0.1) is 6.04 Å². The van der Waals surface area contributed by atoms with Crippen molar-refractivity contribution in [2.45, 2.75) is 31.7 Å². The number of amides is 1. The van der Waals surface area contributed by atoms with Crippen LogP contribution >= 0.6 is 12.4 Å². The quantitative estimate of drug-likeness (QED) is 0.830. The molecule has 1 atom stereocenters. The Morgan fingerprint density at radius 1 is 1.09 bits per heavy atom. The number of hydrogen-bond acceptors (Lipinski definition) is 4. The molecule has 0 radical (unpaired) electrons. The second kappa shape index (κ2) is 9.06. The lowest BCUT2D eigenvalue weighted by Crippen LogP contribution is -2.51. The van der Waals surface area contributed by atoms with Gasteiger partial charge in [-0.1, -0.05) is 0 Å². The van der Waals surface area contributed by atoms with E-state index in [0.29, 0.717) is 6.54 Å². The third-order valence-electron chi connectivity index (χ3n) is 5.16.